The zero-order valence-electron chi connectivity index (χ0n) is 10.2. The first-order valence-electron chi connectivity index (χ1n) is 5.63. The molecule has 2 heterocycles. The highest BCUT2D eigenvalue weighted by molar-refractivity contribution is 5.81. The van der Waals surface area contributed by atoms with Gasteiger partial charge in [0, 0.05) is 32.4 Å². The second-order valence-corrected chi connectivity index (χ2v) is 4.24. The highest BCUT2D eigenvalue weighted by atomic mass is 16.2. The van der Waals surface area contributed by atoms with Gasteiger partial charge in [-0.1, -0.05) is 0 Å². The molecule has 0 bridgehead atoms. The number of piperazine rings is 1. The van der Waals surface area contributed by atoms with Crippen molar-refractivity contribution in [3.8, 4) is 0 Å². The molecule has 17 heavy (non-hydrogen) atoms. The van der Waals surface area contributed by atoms with Crippen LogP contribution in [0.5, 0.6) is 0 Å². The number of aryl methyl sites for hydroxylation is 1. The van der Waals surface area contributed by atoms with E-state index in [4.69, 9.17) is 5.73 Å². The lowest BCUT2D eigenvalue weighted by molar-refractivity contribution is -0.129. The van der Waals surface area contributed by atoms with Gasteiger partial charge in [-0.25, -0.2) is 9.97 Å². The molecule has 1 aliphatic heterocycles. The third kappa shape index (κ3) is 2.52. The minimum Gasteiger partial charge on any atom is -0.342 e. The van der Waals surface area contributed by atoms with E-state index in [9.17, 15) is 4.79 Å². The van der Waals surface area contributed by atoms with Crippen molar-refractivity contribution < 1.29 is 4.79 Å². The number of anilines is 1. The molecule has 2 rings (SSSR count). The van der Waals surface area contributed by atoms with Crippen molar-refractivity contribution in [1.29, 1.82) is 0 Å². The molecule has 6 nitrogen and oxygen atoms in total. The third-order valence-electron chi connectivity index (χ3n) is 2.84. The highest BCUT2D eigenvalue weighted by Gasteiger charge is 2.23. The molecule has 0 spiro atoms. The zero-order valence-corrected chi connectivity index (χ0v) is 10.2. The molecule has 0 atom stereocenters. The normalized spacial score (nSPS) is 16.5. The molecule has 0 unspecified atom stereocenters. The molecule has 1 aromatic heterocycles. The van der Waals surface area contributed by atoms with Crippen molar-refractivity contribution in [2.75, 3.05) is 31.6 Å². The summed E-state index contributed by atoms with van der Waals surface area (Å²) in [6.45, 7) is 4.09. The van der Waals surface area contributed by atoms with Gasteiger partial charge in [0.05, 0.1) is 12.2 Å². The van der Waals surface area contributed by atoms with Crippen molar-refractivity contribution >= 4 is 11.9 Å². The summed E-state index contributed by atoms with van der Waals surface area (Å²) in [5, 5.41) is 0. The molecule has 1 aliphatic rings. The molecule has 0 radical (unpaired) electrons. The zero-order chi connectivity index (χ0) is 12.4. The fraction of sp³-hybridized carbons (Fsp3) is 0.545. The fourth-order valence-corrected chi connectivity index (χ4v) is 1.79. The topological polar surface area (TPSA) is 75.3 Å². The number of hydrogen-bond acceptors (Lipinski definition) is 5. The maximum absolute atomic E-state index is 11.6. The number of likely N-dealkylation sites (N-methyl/N-ethyl adjacent to an activating group) is 1. The second-order valence-electron chi connectivity index (χ2n) is 4.24. The van der Waals surface area contributed by atoms with Crippen LogP contribution in [0.4, 0.5) is 5.95 Å². The first-order chi connectivity index (χ1) is 8.10. The van der Waals surface area contributed by atoms with Crippen LogP contribution in [-0.4, -0.2) is 47.5 Å². The first kappa shape index (κ1) is 11.8. The van der Waals surface area contributed by atoms with E-state index < -0.39 is 0 Å². The minimum atomic E-state index is 0.0932. The van der Waals surface area contributed by atoms with Crippen LogP contribution in [0.25, 0.3) is 0 Å². The summed E-state index contributed by atoms with van der Waals surface area (Å²) in [7, 11) is 1.81. The second kappa shape index (κ2) is 4.67. The van der Waals surface area contributed by atoms with Gasteiger partial charge in [0.25, 0.3) is 0 Å². The van der Waals surface area contributed by atoms with E-state index in [2.05, 4.69) is 9.97 Å². The van der Waals surface area contributed by atoms with Gasteiger partial charge in [-0.3, -0.25) is 4.79 Å². The highest BCUT2D eigenvalue weighted by Crippen LogP contribution is 2.12. The van der Waals surface area contributed by atoms with Crippen molar-refractivity contribution in [3.05, 3.63) is 17.5 Å². The molecule has 92 valence electrons. The third-order valence-corrected chi connectivity index (χ3v) is 2.84. The van der Waals surface area contributed by atoms with Crippen LogP contribution in [0.2, 0.25) is 0 Å². The first-order valence-corrected chi connectivity index (χ1v) is 5.63. The fourth-order valence-electron chi connectivity index (χ4n) is 1.79. The van der Waals surface area contributed by atoms with Gasteiger partial charge in [0.1, 0.15) is 0 Å². The Morgan fingerprint density at radius 2 is 2.18 bits per heavy atom. The number of hydrogen-bond donors (Lipinski definition) is 1. The summed E-state index contributed by atoms with van der Waals surface area (Å²) in [5.74, 6) is 0.697. The number of rotatable bonds is 2. The van der Waals surface area contributed by atoms with E-state index in [0.717, 1.165) is 17.9 Å². The smallest absolute Gasteiger partial charge is 0.242 e. The Morgan fingerprint density at radius 1 is 1.41 bits per heavy atom. The maximum Gasteiger partial charge on any atom is 0.242 e. The average molecular weight is 235 g/mol. The van der Waals surface area contributed by atoms with E-state index in [1.807, 2.05) is 24.9 Å². The summed E-state index contributed by atoms with van der Waals surface area (Å²) in [4.78, 5) is 23.9. The molecule has 1 aromatic rings. The van der Waals surface area contributed by atoms with Crippen LogP contribution in [0.3, 0.4) is 0 Å². The lowest BCUT2D eigenvalue weighted by atomic mass is 10.3. The number of nitrogens with two attached hydrogens (primary N) is 1. The molecule has 2 N–H and O–H groups in total. The maximum atomic E-state index is 11.6. The Labute approximate surface area is 100 Å². The predicted octanol–water partition coefficient (Wildman–Crippen LogP) is -0.478. The van der Waals surface area contributed by atoms with Gasteiger partial charge >= 0.3 is 0 Å². The summed E-state index contributed by atoms with van der Waals surface area (Å²) in [6.07, 6.45) is 0. The van der Waals surface area contributed by atoms with Crippen LogP contribution < -0.4 is 10.6 Å². The molecule has 6 heteroatoms. The largest absolute Gasteiger partial charge is 0.342 e. The predicted molar refractivity (Wildman–Crippen MR) is 64.5 cm³/mol. The van der Waals surface area contributed by atoms with Crippen LogP contribution >= 0.6 is 0 Å². The van der Waals surface area contributed by atoms with Crippen molar-refractivity contribution in [2.45, 2.75) is 13.5 Å². The Hall–Kier alpha value is -1.69. The van der Waals surface area contributed by atoms with E-state index in [-0.39, 0.29) is 5.91 Å². The van der Waals surface area contributed by atoms with E-state index in [1.165, 1.54) is 0 Å². The molecule has 0 aliphatic carbocycles. The Kier molecular flexibility index (Phi) is 3.23. The number of amides is 1. The van der Waals surface area contributed by atoms with Gasteiger partial charge in [0.15, 0.2) is 0 Å². The standard InChI is InChI=1S/C11H17N5O/c1-8-5-9(6-12)14-11(13-8)16-4-3-15(2)10(17)7-16/h5H,3-4,6-7,12H2,1-2H3. The van der Waals surface area contributed by atoms with Gasteiger partial charge in [-0.05, 0) is 13.0 Å². The quantitative estimate of drug-likeness (QED) is 0.749. The molecule has 1 fully saturated rings. The van der Waals surface area contributed by atoms with Crippen LogP contribution in [-0.2, 0) is 11.3 Å². The number of aromatic nitrogens is 2. The number of carbonyl (C=O) groups excluding carboxylic acids is 1. The number of nitrogens with zero attached hydrogens (tertiary/aromatic N) is 4. The molecule has 0 saturated carbocycles. The molecular weight excluding hydrogens is 218 g/mol. The average Bonchev–Trinajstić information content (AvgIpc) is 2.32. The lowest BCUT2D eigenvalue weighted by Gasteiger charge is -2.32. The van der Waals surface area contributed by atoms with Gasteiger partial charge in [-0.15, -0.1) is 0 Å². The summed E-state index contributed by atoms with van der Waals surface area (Å²) < 4.78 is 0. The minimum absolute atomic E-state index is 0.0932. The van der Waals surface area contributed by atoms with Crippen molar-refractivity contribution in [2.24, 2.45) is 5.73 Å². The Morgan fingerprint density at radius 3 is 2.82 bits per heavy atom. The Balaban J connectivity index is 2.22. The summed E-state index contributed by atoms with van der Waals surface area (Å²) in [6, 6.07) is 1.86. The molecule has 1 saturated heterocycles. The van der Waals surface area contributed by atoms with Crippen LogP contribution in [0.15, 0.2) is 6.07 Å². The molecule has 0 aromatic carbocycles. The monoisotopic (exact) mass is 235 g/mol. The summed E-state index contributed by atoms with van der Waals surface area (Å²) in [5.41, 5.74) is 7.26. The van der Waals surface area contributed by atoms with E-state index in [1.54, 1.807) is 4.90 Å². The van der Waals surface area contributed by atoms with Crippen LogP contribution in [0.1, 0.15) is 11.4 Å². The van der Waals surface area contributed by atoms with E-state index >= 15 is 0 Å². The summed E-state index contributed by atoms with van der Waals surface area (Å²) >= 11 is 0. The Bertz CT molecular complexity index is 434. The van der Waals surface area contributed by atoms with Crippen molar-refractivity contribution in [3.63, 3.8) is 0 Å². The molecular formula is C11H17N5O. The number of carbonyl (C=O) groups is 1. The SMILES string of the molecule is Cc1cc(CN)nc(N2CCN(C)C(=O)C2)n1. The van der Waals surface area contributed by atoms with Gasteiger partial charge < -0.3 is 15.5 Å². The molecule has 1 amide bonds. The van der Waals surface area contributed by atoms with E-state index in [0.29, 0.717) is 25.6 Å². The van der Waals surface area contributed by atoms with Gasteiger partial charge in [0.2, 0.25) is 11.9 Å². The van der Waals surface area contributed by atoms with Gasteiger partial charge in [-0.2, -0.15) is 0 Å². The lowest BCUT2D eigenvalue weighted by Crippen LogP contribution is -2.49. The van der Waals surface area contributed by atoms with Crippen LogP contribution in [0, 0.1) is 6.92 Å². The van der Waals surface area contributed by atoms with Crippen molar-refractivity contribution in [1.82, 2.24) is 14.9 Å².